The van der Waals surface area contributed by atoms with E-state index in [1.54, 1.807) is 17.7 Å². The molecule has 5 heteroatoms. The molecule has 0 fully saturated rings. The predicted molar refractivity (Wildman–Crippen MR) is 80.8 cm³/mol. The zero-order valence-corrected chi connectivity index (χ0v) is 12.6. The van der Waals surface area contributed by atoms with E-state index in [1.807, 2.05) is 30.5 Å². The highest BCUT2D eigenvalue weighted by atomic mass is 127. The van der Waals surface area contributed by atoms with E-state index in [0.717, 1.165) is 21.3 Å². The van der Waals surface area contributed by atoms with Crippen molar-refractivity contribution in [3.05, 3.63) is 51.4 Å². The molecule has 4 nitrogen and oxygen atoms in total. The Morgan fingerprint density at radius 2 is 2.16 bits per heavy atom. The smallest absolute Gasteiger partial charge is 0.352 e. The fourth-order valence-corrected chi connectivity index (χ4v) is 2.62. The molecule has 1 heterocycles. The quantitative estimate of drug-likeness (QED) is 0.823. The Bertz CT molecular complexity index is 592. The van der Waals surface area contributed by atoms with Crippen LogP contribution >= 0.6 is 22.6 Å². The van der Waals surface area contributed by atoms with Crippen LogP contribution in [0.4, 0.5) is 0 Å². The van der Waals surface area contributed by atoms with Crippen LogP contribution in [-0.2, 0) is 13.0 Å². The highest BCUT2D eigenvalue weighted by Crippen LogP contribution is 2.19. The summed E-state index contributed by atoms with van der Waals surface area (Å²) < 4.78 is 7.98. The van der Waals surface area contributed by atoms with Crippen molar-refractivity contribution in [2.24, 2.45) is 0 Å². The average molecular weight is 371 g/mol. The minimum Gasteiger partial charge on any atom is -0.496 e. The summed E-state index contributed by atoms with van der Waals surface area (Å²) in [5.74, 6) is -0.0656. The predicted octanol–water partition coefficient (Wildman–Crippen LogP) is 3.04. The molecule has 1 aromatic carbocycles. The largest absolute Gasteiger partial charge is 0.496 e. The molecule has 0 atom stereocenters. The molecule has 19 heavy (non-hydrogen) atoms. The first kappa shape index (κ1) is 13.9. The van der Waals surface area contributed by atoms with Gasteiger partial charge in [0.25, 0.3) is 0 Å². The zero-order chi connectivity index (χ0) is 13.8. The van der Waals surface area contributed by atoms with Crippen LogP contribution in [0.25, 0.3) is 0 Å². The van der Waals surface area contributed by atoms with Gasteiger partial charge in [-0.15, -0.1) is 0 Å². The van der Waals surface area contributed by atoms with Gasteiger partial charge in [0, 0.05) is 16.3 Å². The van der Waals surface area contributed by atoms with Gasteiger partial charge in [-0.3, -0.25) is 0 Å². The Labute approximate surface area is 125 Å². The Morgan fingerprint density at radius 3 is 2.84 bits per heavy atom. The third kappa shape index (κ3) is 3.28. The summed E-state index contributed by atoms with van der Waals surface area (Å²) in [4.78, 5) is 11.1. The van der Waals surface area contributed by atoms with E-state index in [2.05, 4.69) is 22.6 Å². The summed E-state index contributed by atoms with van der Waals surface area (Å²) in [6.45, 7) is 0.616. The first-order valence-corrected chi connectivity index (χ1v) is 6.90. The van der Waals surface area contributed by atoms with Crippen LogP contribution in [0.15, 0.2) is 36.5 Å². The molecule has 0 saturated carbocycles. The van der Waals surface area contributed by atoms with E-state index in [1.165, 1.54) is 0 Å². The van der Waals surface area contributed by atoms with Crippen LogP contribution in [0, 0.1) is 3.57 Å². The van der Waals surface area contributed by atoms with Gasteiger partial charge in [-0.2, -0.15) is 0 Å². The van der Waals surface area contributed by atoms with Gasteiger partial charge in [-0.1, -0.05) is 18.2 Å². The van der Waals surface area contributed by atoms with Crippen LogP contribution in [-0.4, -0.2) is 22.8 Å². The molecule has 2 aromatic rings. The third-order valence-corrected chi connectivity index (χ3v) is 3.49. The molecular formula is C14H14INO3. The SMILES string of the molecule is COc1ccccc1CCn1cc(I)cc1C(=O)O. The van der Waals surface area contributed by atoms with Gasteiger partial charge >= 0.3 is 5.97 Å². The number of hydrogen-bond donors (Lipinski definition) is 1. The van der Waals surface area contributed by atoms with E-state index in [9.17, 15) is 4.79 Å². The number of nitrogens with zero attached hydrogens (tertiary/aromatic N) is 1. The molecule has 0 aliphatic heterocycles. The first-order valence-electron chi connectivity index (χ1n) is 5.82. The summed E-state index contributed by atoms with van der Waals surface area (Å²) in [5.41, 5.74) is 1.39. The molecule has 2 rings (SSSR count). The summed E-state index contributed by atoms with van der Waals surface area (Å²) in [6.07, 6.45) is 2.58. The summed E-state index contributed by atoms with van der Waals surface area (Å²) >= 11 is 2.12. The van der Waals surface area contributed by atoms with Gasteiger partial charge in [0.05, 0.1) is 7.11 Å². The van der Waals surface area contributed by atoms with Crippen molar-refractivity contribution < 1.29 is 14.6 Å². The highest BCUT2D eigenvalue weighted by molar-refractivity contribution is 14.1. The average Bonchev–Trinajstić information content (AvgIpc) is 2.78. The number of carbonyl (C=O) groups is 1. The van der Waals surface area contributed by atoms with E-state index in [4.69, 9.17) is 9.84 Å². The number of ether oxygens (including phenoxy) is 1. The van der Waals surface area contributed by atoms with Crippen LogP contribution in [0.1, 0.15) is 16.1 Å². The van der Waals surface area contributed by atoms with Crippen molar-refractivity contribution in [1.29, 1.82) is 0 Å². The fraction of sp³-hybridized carbons (Fsp3) is 0.214. The number of carboxylic acids is 1. The second-order valence-electron chi connectivity index (χ2n) is 4.10. The Morgan fingerprint density at radius 1 is 1.42 bits per heavy atom. The second-order valence-corrected chi connectivity index (χ2v) is 5.35. The number of aromatic nitrogens is 1. The standard InChI is InChI=1S/C14H14INO3/c1-19-13-5-3-2-4-10(13)6-7-16-9-11(15)8-12(16)14(17)18/h2-5,8-9H,6-7H2,1H3,(H,17,18). The lowest BCUT2D eigenvalue weighted by Gasteiger charge is -2.09. The molecule has 0 saturated heterocycles. The maximum absolute atomic E-state index is 11.1. The Kier molecular flexibility index (Phi) is 4.47. The number of halogens is 1. The molecule has 0 aliphatic rings. The number of rotatable bonds is 5. The number of aryl methyl sites for hydroxylation is 2. The summed E-state index contributed by atoms with van der Waals surface area (Å²) in [5, 5.41) is 9.13. The summed E-state index contributed by atoms with van der Waals surface area (Å²) in [7, 11) is 1.64. The number of hydrogen-bond acceptors (Lipinski definition) is 2. The number of para-hydroxylation sites is 1. The van der Waals surface area contributed by atoms with Gasteiger partial charge < -0.3 is 14.4 Å². The number of methoxy groups -OCH3 is 1. The van der Waals surface area contributed by atoms with Crippen LogP contribution < -0.4 is 4.74 Å². The van der Waals surface area contributed by atoms with Crippen LogP contribution in [0.2, 0.25) is 0 Å². The minimum atomic E-state index is -0.900. The molecular weight excluding hydrogens is 357 g/mol. The van der Waals surface area contributed by atoms with E-state index in [0.29, 0.717) is 12.2 Å². The van der Waals surface area contributed by atoms with Gasteiger partial charge in [-0.25, -0.2) is 4.79 Å². The molecule has 0 radical (unpaired) electrons. The van der Waals surface area contributed by atoms with Crippen LogP contribution in [0.5, 0.6) is 5.75 Å². The topological polar surface area (TPSA) is 51.5 Å². The second kappa shape index (κ2) is 6.10. The maximum atomic E-state index is 11.1. The molecule has 0 unspecified atom stereocenters. The van der Waals surface area contributed by atoms with Crippen molar-refractivity contribution in [2.45, 2.75) is 13.0 Å². The number of aromatic carboxylic acids is 1. The molecule has 0 aliphatic carbocycles. The van der Waals surface area contributed by atoms with E-state index in [-0.39, 0.29) is 0 Å². The van der Waals surface area contributed by atoms with Crippen LogP contribution in [0.3, 0.4) is 0 Å². The molecule has 1 aromatic heterocycles. The molecule has 0 bridgehead atoms. The normalized spacial score (nSPS) is 10.4. The Balaban J connectivity index is 2.16. The molecule has 0 spiro atoms. The van der Waals surface area contributed by atoms with Crippen molar-refractivity contribution in [3.63, 3.8) is 0 Å². The minimum absolute atomic E-state index is 0.319. The molecule has 0 amide bonds. The molecule has 100 valence electrons. The fourth-order valence-electron chi connectivity index (χ4n) is 1.99. The molecule has 1 N–H and O–H groups in total. The van der Waals surface area contributed by atoms with Gasteiger partial charge in [0.1, 0.15) is 11.4 Å². The lowest BCUT2D eigenvalue weighted by molar-refractivity contribution is 0.0685. The van der Waals surface area contributed by atoms with Gasteiger partial charge in [0.2, 0.25) is 0 Å². The van der Waals surface area contributed by atoms with E-state index >= 15 is 0 Å². The van der Waals surface area contributed by atoms with E-state index < -0.39 is 5.97 Å². The van der Waals surface area contributed by atoms with Crippen molar-refractivity contribution in [1.82, 2.24) is 4.57 Å². The van der Waals surface area contributed by atoms with Crippen molar-refractivity contribution in [3.8, 4) is 5.75 Å². The maximum Gasteiger partial charge on any atom is 0.352 e. The first-order chi connectivity index (χ1) is 9.11. The third-order valence-electron chi connectivity index (χ3n) is 2.90. The van der Waals surface area contributed by atoms with Crippen molar-refractivity contribution in [2.75, 3.05) is 7.11 Å². The monoisotopic (exact) mass is 371 g/mol. The zero-order valence-electron chi connectivity index (χ0n) is 10.5. The van der Waals surface area contributed by atoms with Gasteiger partial charge in [0.15, 0.2) is 0 Å². The number of benzene rings is 1. The summed E-state index contributed by atoms with van der Waals surface area (Å²) in [6, 6.07) is 9.45. The van der Waals surface area contributed by atoms with Gasteiger partial charge in [-0.05, 0) is 46.7 Å². The lowest BCUT2D eigenvalue weighted by Crippen LogP contribution is -2.09. The number of carboxylic acid groups (broad SMARTS) is 1. The highest BCUT2D eigenvalue weighted by Gasteiger charge is 2.12. The van der Waals surface area contributed by atoms with Crippen molar-refractivity contribution >= 4 is 28.6 Å². The Hall–Kier alpha value is -1.50. The lowest BCUT2D eigenvalue weighted by atomic mass is 10.1.